The molecule has 0 aliphatic carbocycles. The van der Waals surface area contributed by atoms with Gasteiger partial charge in [-0.15, -0.1) is 0 Å². The number of piperazine rings is 1. The van der Waals surface area contributed by atoms with Gasteiger partial charge in [0, 0.05) is 44.5 Å². The van der Waals surface area contributed by atoms with Crippen molar-refractivity contribution in [2.45, 2.75) is 58.6 Å². The number of aryl methyl sites for hydroxylation is 2. The number of nitrogens with zero attached hydrogens (tertiary/aromatic N) is 6. The lowest BCUT2D eigenvalue weighted by Crippen LogP contribution is -2.48. The molecule has 1 fully saturated rings. The number of rotatable bonds is 8. The molecule has 11 heteroatoms. The lowest BCUT2D eigenvalue weighted by molar-refractivity contribution is -0.136. The Morgan fingerprint density at radius 2 is 2.02 bits per heavy atom. The van der Waals surface area contributed by atoms with Gasteiger partial charge in [0.05, 0.1) is 17.7 Å². The Bertz CT molecular complexity index is 1310. The first-order valence-electron chi connectivity index (χ1n) is 13.6. The fraction of sp³-hybridized carbons (Fsp3) is 0.517. The van der Waals surface area contributed by atoms with Crippen molar-refractivity contribution in [3.8, 4) is 6.07 Å². The van der Waals surface area contributed by atoms with Crippen LogP contribution < -0.4 is 10.2 Å². The second kappa shape index (κ2) is 12.5. The van der Waals surface area contributed by atoms with Crippen LogP contribution in [0.25, 0.3) is 0 Å². The number of nitrogens with one attached hydrogen (secondary N) is 1. The molecule has 212 valence electrons. The van der Waals surface area contributed by atoms with Gasteiger partial charge in [-0.1, -0.05) is 0 Å². The molecule has 1 saturated heterocycles. The van der Waals surface area contributed by atoms with Gasteiger partial charge >= 0.3 is 6.03 Å². The molecule has 0 atom stereocenters. The highest BCUT2D eigenvalue weighted by molar-refractivity contribution is 6.01. The van der Waals surface area contributed by atoms with Gasteiger partial charge < -0.3 is 9.64 Å². The number of aromatic nitrogens is 2. The van der Waals surface area contributed by atoms with Crippen LogP contribution in [0, 0.1) is 11.3 Å². The molecule has 3 amide bonds. The predicted octanol–water partition coefficient (Wildman–Crippen LogP) is 3.17. The van der Waals surface area contributed by atoms with Gasteiger partial charge in [-0.05, 0) is 76.8 Å². The number of urea groups is 1. The van der Waals surface area contributed by atoms with E-state index in [1.165, 1.54) is 11.1 Å². The highest BCUT2D eigenvalue weighted by Crippen LogP contribution is 2.29. The van der Waals surface area contributed by atoms with Crippen LogP contribution in [0.1, 0.15) is 66.4 Å². The average Bonchev–Trinajstić information content (AvgIpc) is 2.91. The van der Waals surface area contributed by atoms with Crippen LogP contribution >= 0.6 is 0 Å². The highest BCUT2D eigenvalue weighted by Gasteiger charge is 2.28. The number of hydrogen-bond donors (Lipinski definition) is 1. The molecular formula is C29H37N7O4. The SMILES string of the molecule is CN1CCN(Cc2cc3c(nc2C=O)N(C(=O)Nc2cc(CCCOC(C)(C)C)c(C#N)cn2)CCC3)C(=O)C1. The molecule has 0 unspecified atom stereocenters. The van der Waals surface area contributed by atoms with E-state index in [1.807, 2.05) is 38.8 Å². The molecule has 2 aromatic rings. The number of amides is 3. The van der Waals surface area contributed by atoms with Crippen LogP contribution in [0.15, 0.2) is 18.3 Å². The van der Waals surface area contributed by atoms with Gasteiger partial charge in [0.15, 0.2) is 6.29 Å². The minimum absolute atomic E-state index is 0.0142. The van der Waals surface area contributed by atoms with E-state index in [4.69, 9.17) is 4.74 Å². The third kappa shape index (κ3) is 7.20. The van der Waals surface area contributed by atoms with Gasteiger partial charge in [0.1, 0.15) is 23.4 Å². The predicted molar refractivity (Wildman–Crippen MR) is 150 cm³/mol. The molecule has 2 aromatic heterocycles. The zero-order chi connectivity index (χ0) is 28.9. The summed E-state index contributed by atoms with van der Waals surface area (Å²) in [7, 11) is 1.91. The lowest BCUT2D eigenvalue weighted by Gasteiger charge is -2.33. The van der Waals surface area contributed by atoms with E-state index >= 15 is 0 Å². The number of ether oxygens (including phenoxy) is 1. The van der Waals surface area contributed by atoms with Crippen LogP contribution in [0.4, 0.5) is 16.4 Å². The Labute approximate surface area is 235 Å². The summed E-state index contributed by atoms with van der Waals surface area (Å²) in [6.45, 7) is 8.99. The van der Waals surface area contributed by atoms with Gasteiger partial charge in [0.2, 0.25) is 5.91 Å². The molecule has 2 aliphatic heterocycles. The van der Waals surface area contributed by atoms with Crippen LogP contribution in [-0.4, -0.2) is 83.4 Å². The molecule has 0 spiro atoms. The highest BCUT2D eigenvalue weighted by atomic mass is 16.5. The average molecular weight is 548 g/mol. The van der Waals surface area contributed by atoms with Crippen molar-refractivity contribution in [2.24, 2.45) is 0 Å². The Morgan fingerprint density at radius 3 is 2.73 bits per heavy atom. The smallest absolute Gasteiger partial charge is 0.328 e. The third-order valence-electron chi connectivity index (χ3n) is 6.97. The van der Waals surface area contributed by atoms with Crippen molar-refractivity contribution in [2.75, 3.05) is 50.1 Å². The fourth-order valence-electron chi connectivity index (χ4n) is 4.87. The van der Waals surface area contributed by atoms with Crippen molar-refractivity contribution in [1.29, 1.82) is 5.26 Å². The summed E-state index contributed by atoms with van der Waals surface area (Å²) in [5, 5.41) is 12.4. The molecular weight excluding hydrogens is 510 g/mol. The van der Waals surface area contributed by atoms with Gasteiger partial charge in [-0.3, -0.25) is 24.7 Å². The number of likely N-dealkylation sites (N-methyl/N-ethyl adjacent to an activating group) is 1. The quantitative estimate of drug-likeness (QED) is 0.394. The monoisotopic (exact) mass is 547 g/mol. The van der Waals surface area contributed by atoms with E-state index < -0.39 is 6.03 Å². The van der Waals surface area contributed by atoms with Crippen LogP contribution in [-0.2, 0) is 28.9 Å². The number of hydrogen-bond acceptors (Lipinski definition) is 8. The topological polar surface area (TPSA) is 132 Å². The minimum atomic E-state index is -0.411. The first-order valence-corrected chi connectivity index (χ1v) is 13.6. The summed E-state index contributed by atoms with van der Waals surface area (Å²) in [5.41, 5.74) is 2.77. The Morgan fingerprint density at radius 1 is 1.23 bits per heavy atom. The third-order valence-corrected chi connectivity index (χ3v) is 6.97. The summed E-state index contributed by atoms with van der Waals surface area (Å²) < 4.78 is 5.78. The molecule has 4 heterocycles. The van der Waals surface area contributed by atoms with Gasteiger partial charge in [0.25, 0.3) is 0 Å². The van der Waals surface area contributed by atoms with Crippen molar-refractivity contribution < 1.29 is 19.1 Å². The zero-order valence-electron chi connectivity index (χ0n) is 23.7. The van der Waals surface area contributed by atoms with Crippen LogP contribution in [0.3, 0.4) is 0 Å². The molecule has 0 bridgehead atoms. The summed E-state index contributed by atoms with van der Waals surface area (Å²) in [5.74, 6) is 0.788. The van der Waals surface area contributed by atoms with E-state index in [1.54, 1.807) is 11.0 Å². The van der Waals surface area contributed by atoms with Crippen molar-refractivity contribution >= 4 is 29.9 Å². The molecule has 1 N–H and O–H groups in total. The zero-order valence-corrected chi connectivity index (χ0v) is 23.7. The number of carbonyl (C=O) groups is 3. The van der Waals surface area contributed by atoms with Crippen molar-refractivity contribution in [1.82, 2.24) is 19.8 Å². The number of nitriles is 1. The maximum absolute atomic E-state index is 13.3. The first-order chi connectivity index (χ1) is 19.1. The molecule has 4 rings (SSSR count). The molecule has 0 aromatic carbocycles. The van der Waals surface area contributed by atoms with Gasteiger partial charge in [-0.25, -0.2) is 14.8 Å². The largest absolute Gasteiger partial charge is 0.376 e. The second-order valence-electron chi connectivity index (χ2n) is 11.3. The normalized spacial score (nSPS) is 15.9. The van der Waals surface area contributed by atoms with Crippen molar-refractivity contribution in [3.05, 3.63) is 46.3 Å². The Balaban J connectivity index is 1.49. The molecule has 0 saturated carbocycles. The number of aldehydes is 1. The molecule has 0 radical (unpaired) electrons. The summed E-state index contributed by atoms with van der Waals surface area (Å²) in [4.78, 5) is 51.9. The molecule has 2 aliphatic rings. The summed E-state index contributed by atoms with van der Waals surface area (Å²) in [6, 6.07) is 5.37. The van der Waals surface area contributed by atoms with E-state index in [2.05, 4.69) is 21.4 Å². The van der Waals surface area contributed by atoms with E-state index in [0.717, 1.165) is 30.5 Å². The summed E-state index contributed by atoms with van der Waals surface area (Å²) in [6.07, 6.45) is 4.93. The second-order valence-corrected chi connectivity index (χ2v) is 11.3. The Kier molecular flexibility index (Phi) is 9.12. The van der Waals surface area contributed by atoms with Crippen LogP contribution in [0.5, 0.6) is 0 Å². The lowest BCUT2D eigenvalue weighted by atomic mass is 10.0. The van der Waals surface area contributed by atoms with E-state index in [9.17, 15) is 19.6 Å². The van der Waals surface area contributed by atoms with Crippen LogP contribution in [0.2, 0.25) is 0 Å². The Hall–Kier alpha value is -3.88. The van der Waals surface area contributed by atoms with E-state index in [0.29, 0.717) is 74.7 Å². The minimum Gasteiger partial charge on any atom is -0.376 e. The number of pyridine rings is 2. The number of anilines is 2. The fourth-order valence-corrected chi connectivity index (χ4v) is 4.87. The molecule has 40 heavy (non-hydrogen) atoms. The molecule has 11 nitrogen and oxygen atoms in total. The van der Waals surface area contributed by atoms with Crippen molar-refractivity contribution in [3.63, 3.8) is 0 Å². The van der Waals surface area contributed by atoms with Gasteiger partial charge in [-0.2, -0.15) is 5.26 Å². The standard InChI is InChI=1S/C29H37N7O4/c1-29(2,3)40-12-6-8-20-14-25(31-16-23(20)15-30)33-28(39)36-9-5-7-21-13-22(24(19-37)32-27(21)36)17-35-11-10-34(4)18-26(35)38/h13-14,16,19H,5-12,17-18H2,1-4H3,(H,31,33,39). The number of carbonyl (C=O) groups excluding carboxylic acids is 3. The maximum atomic E-state index is 13.3. The number of fused-ring (bicyclic) bond motifs is 1. The maximum Gasteiger partial charge on any atom is 0.328 e. The van der Waals surface area contributed by atoms with E-state index in [-0.39, 0.29) is 17.2 Å². The first kappa shape index (κ1) is 29.1. The summed E-state index contributed by atoms with van der Waals surface area (Å²) >= 11 is 0.